The average Bonchev–Trinajstić information content (AvgIpc) is 2.41. The summed E-state index contributed by atoms with van der Waals surface area (Å²) in [6, 6.07) is 1.39. The molecule has 18 heavy (non-hydrogen) atoms. The molecule has 0 aliphatic heterocycles. The van der Waals surface area contributed by atoms with Crippen LogP contribution >= 0.6 is 11.6 Å². The molecule has 0 spiro atoms. The topological polar surface area (TPSA) is 57.1 Å². The van der Waals surface area contributed by atoms with Crippen molar-refractivity contribution in [1.82, 2.24) is 15.0 Å². The zero-order valence-electron chi connectivity index (χ0n) is 9.65. The van der Waals surface area contributed by atoms with E-state index in [9.17, 15) is 4.39 Å². The molecular formula is C11H9ClFN3O2. The van der Waals surface area contributed by atoms with Crippen LogP contribution in [0.2, 0.25) is 5.15 Å². The van der Waals surface area contributed by atoms with E-state index in [2.05, 4.69) is 15.0 Å². The Bertz CT molecular complexity index is 580. The van der Waals surface area contributed by atoms with E-state index in [4.69, 9.17) is 21.1 Å². The third kappa shape index (κ3) is 2.33. The van der Waals surface area contributed by atoms with Gasteiger partial charge >= 0.3 is 6.01 Å². The molecule has 2 rings (SSSR count). The lowest BCUT2D eigenvalue weighted by Gasteiger charge is -2.09. The predicted molar refractivity (Wildman–Crippen MR) is 63.3 cm³/mol. The fourth-order valence-electron chi connectivity index (χ4n) is 1.40. The number of methoxy groups -OCH3 is 2. The highest BCUT2D eigenvalue weighted by atomic mass is 35.5. The van der Waals surface area contributed by atoms with Gasteiger partial charge in [0.05, 0.1) is 26.0 Å². The molecule has 2 aromatic heterocycles. The number of nitrogens with zero attached hydrogens (tertiary/aromatic N) is 3. The third-order valence-electron chi connectivity index (χ3n) is 2.20. The summed E-state index contributed by atoms with van der Waals surface area (Å²) < 4.78 is 23.2. The molecule has 0 radical (unpaired) electrons. The van der Waals surface area contributed by atoms with Crippen LogP contribution in [0.4, 0.5) is 4.39 Å². The van der Waals surface area contributed by atoms with Gasteiger partial charge in [-0.15, -0.1) is 0 Å². The highest BCUT2D eigenvalue weighted by Gasteiger charge is 2.14. The average molecular weight is 270 g/mol. The molecule has 7 heteroatoms. The summed E-state index contributed by atoms with van der Waals surface area (Å²) in [6.07, 6.45) is 2.47. The van der Waals surface area contributed by atoms with Crippen molar-refractivity contribution in [2.75, 3.05) is 14.2 Å². The lowest BCUT2D eigenvalue weighted by molar-refractivity contribution is 0.353. The summed E-state index contributed by atoms with van der Waals surface area (Å²) in [5.74, 6) is -0.275. The van der Waals surface area contributed by atoms with E-state index in [1.165, 1.54) is 26.5 Å². The molecule has 2 aromatic rings. The Kier molecular flexibility index (Phi) is 3.57. The van der Waals surface area contributed by atoms with Gasteiger partial charge in [0.15, 0.2) is 0 Å². The Labute approximate surface area is 108 Å². The summed E-state index contributed by atoms with van der Waals surface area (Å²) in [7, 11) is 2.87. The van der Waals surface area contributed by atoms with Crippen LogP contribution in [0.25, 0.3) is 11.1 Å². The number of aromatic nitrogens is 3. The van der Waals surface area contributed by atoms with Crippen molar-refractivity contribution >= 4 is 11.6 Å². The molecule has 0 atom stereocenters. The molecule has 5 nitrogen and oxygen atoms in total. The smallest absolute Gasteiger partial charge is 0.319 e. The normalized spacial score (nSPS) is 10.2. The minimum Gasteiger partial charge on any atom is -0.480 e. The van der Waals surface area contributed by atoms with Crippen LogP contribution in [-0.4, -0.2) is 29.2 Å². The van der Waals surface area contributed by atoms with E-state index < -0.39 is 5.82 Å². The second-order valence-electron chi connectivity index (χ2n) is 3.27. The first-order valence-electron chi connectivity index (χ1n) is 4.92. The molecule has 94 valence electrons. The van der Waals surface area contributed by atoms with E-state index >= 15 is 0 Å². The third-order valence-corrected chi connectivity index (χ3v) is 2.50. The van der Waals surface area contributed by atoms with Gasteiger partial charge in [0, 0.05) is 11.8 Å². The van der Waals surface area contributed by atoms with Gasteiger partial charge in [-0.1, -0.05) is 11.6 Å². The van der Waals surface area contributed by atoms with Crippen molar-refractivity contribution in [3.8, 4) is 23.0 Å². The predicted octanol–water partition coefficient (Wildman–Crippen LogP) is 2.35. The van der Waals surface area contributed by atoms with E-state index in [1.807, 2.05) is 0 Å². The first-order valence-corrected chi connectivity index (χ1v) is 5.30. The van der Waals surface area contributed by atoms with Crippen LogP contribution in [0.3, 0.4) is 0 Å². The lowest BCUT2D eigenvalue weighted by atomic mass is 10.1. The van der Waals surface area contributed by atoms with Gasteiger partial charge in [-0.05, 0) is 6.07 Å². The molecule has 0 aliphatic rings. The Morgan fingerprint density at radius 3 is 2.56 bits per heavy atom. The first-order chi connectivity index (χ1) is 8.65. The number of rotatable bonds is 3. The quantitative estimate of drug-likeness (QED) is 0.801. The number of pyridine rings is 1. The van der Waals surface area contributed by atoms with Crippen LogP contribution in [0.1, 0.15) is 0 Å². The molecule has 0 aromatic carbocycles. The van der Waals surface area contributed by atoms with Crippen LogP contribution < -0.4 is 9.47 Å². The summed E-state index contributed by atoms with van der Waals surface area (Å²) in [5, 5.41) is 0.142. The van der Waals surface area contributed by atoms with Gasteiger partial charge in [-0.3, -0.25) is 0 Å². The van der Waals surface area contributed by atoms with E-state index in [0.29, 0.717) is 11.1 Å². The molecule has 0 saturated carbocycles. The molecule has 0 bridgehead atoms. The van der Waals surface area contributed by atoms with Gasteiger partial charge in [0.2, 0.25) is 5.88 Å². The minimum atomic E-state index is -0.507. The molecular weight excluding hydrogens is 261 g/mol. The maximum absolute atomic E-state index is 13.2. The zero-order valence-corrected chi connectivity index (χ0v) is 10.4. The number of ether oxygens (including phenoxy) is 2. The highest BCUT2D eigenvalue weighted by Crippen LogP contribution is 2.33. The zero-order chi connectivity index (χ0) is 13.1. The summed E-state index contributed by atoms with van der Waals surface area (Å²) in [6.45, 7) is 0. The standard InChI is InChI=1S/C11H9ClFN3O2/c1-17-10-8(5-15-11(16-10)18-2)7-3-6(13)4-14-9(7)12/h3-5H,1-2H3. The molecule has 0 unspecified atom stereocenters. The van der Waals surface area contributed by atoms with Crippen molar-refractivity contribution in [2.45, 2.75) is 0 Å². The van der Waals surface area contributed by atoms with Gasteiger partial charge in [-0.2, -0.15) is 4.98 Å². The van der Waals surface area contributed by atoms with Gasteiger partial charge < -0.3 is 9.47 Å². The van der Waals surface area contributed by atoms with Crippen LogP contribution in [0.15, 0.2) is 18.5 Å². The van der Waals surface area contributed by atoms with Crippen LogP contribution in [0.5, 0.6) is 11.9 Å². The fourth-order valence-corrected chi connectivity index (χ4v) is 1.61. The van der Waals surface area contributed by atoms with Crippen molar-refractivity contribution in [1.29, 1.82) is 0 Å². The molecule has 0 amide bonds. The molecule has 0 aliphatic carbocycles. The summed E-state index contributed by atoms with van der Waals surface area (Å²) in [4.78, 5) is 11.6. The maximum Gasteiger partial charge on any atom is 0.319 e. The van der Waals surface area contributed by atoms with E-state index in [1.54, 1.807) is 0 Å². The SMILES string of the molecule is COc1ncc(-c2cc(F)cnc2Cl)c(OC)n1. The van der Waals surface area contributed by atoms with Crippen molar-refractivity contribution in [3.05, 3.63) is 29.4 Å². The van der Waals surface area contributed by atoms with Gasteiger partial charge in [0.25, 0.3) is 0 Å². The minimum absolute atomic E-state index is 0.142. The monoisotopic (exact) mass is 269 g/mol. The second kappa shape index (κ2) is 5.14. The Balaban J connectivity index is 2.59. The molecule has 0 saturated heterocycles. The Morgan fingerprint density at radius 2 is 1.89 bits per heavy atom. The van der Waals surface area contributed by atoms with Gasteiger partial charge in [0.1, 0.15) is 11.0 Å². The first kappa shape index (κ1) is 12.5. The number of hydrogen-bond donors (Lipinski definition) is 0. The highest BCUT2D eigenvalue weighted by molar-refractivity contribution is 6.32. The second-order valence-corrected chi connectivity index (χ2v) is 3.63. The van der Waals surface area contributed by atoms with Crippen molar-refractivity contribution in [3.63, 3.8) is 0 Å². The molecule has 2 heterocycles. The van der Waals surface area contributed by atoms with Crippen molar-refractivity contribution in [2.24, 2.45) is 0 Å². The lowest BCUT2D eigenvalue weighted by Crippen LogP contribution is -1.98. The Hall–Kier alpha value is -1.95. The maximum atomic E-state index is 13.2. The van der Waals surface area contributed by atoms with Crippen LogP contribution in [0, 0.1) is 5.82 Å². The number of halogens is 2. The number of hydrogen-bond acceptors (Lipinski definition) is 5. The largest absolute Gasteiger partial charge is 0.480 e. The Morgan fingerprint density at radius 1 is 1.11 bits per heavy atom. The molecule has 0 fully saturated rings. The van der Waals surface area contributed by atoms with Crippen LogP contribution in [-0.2, 0) is 0 Å². The summed E-state index contributed by atoms with van der Waals surface area (Å²) >= 11 is 5.91. The fraction of sp³-hybridized carbons (Fsp3) is 0.182. The van der Waals surface area contributed by atoms with Gasteiger partial charge in [-0.25, -0.2) is 14.4 Å². The molecule has 0 N–H and O–H groups in total. The van der Waals surface area contributed by atoms with Crippen molar-refractivity contribution < 1.29 is 13.9 Å². The van der Waals surface area contributed by atoms with E-state index in [-0.39, 0.29) is 17.0 Å². The summed E-state index contributed by atoms with van der Waals surface area (Å²) in [5.41, 5.74) is 0.798. The van der Waals surface area contributed by atoms with E-state index in [0.717, 1.165) is 6.20 Å².